The standard InChI is InChI=1S/C16H19NO2S/c1-11(2)15(14-7-4-8-20-14)17-9-12-5-3-6-13-16(12)19-10-18-13/h3-8,11,15,17H,9-10H2,1-2H3. The van der Waals surface area contributed by atoms with Crippen LogP contribution < -0.4 is 14.8 Å². The largest absolute Gasteiger partial charge is 0.454 e. The van der Waals surface area contributed by atoms with E-state index in [1.807, 2.05) is 12.1 Å². The second kappa shape index (κ2) is 5.85. The van der Waals surface area contributed by atoms with Crippen LogP contribution in [0.25, 0.3) is 0 Å². The first-order chi connectivity index (χ1) is 9.75. The van der Waals surface area contributed by atoms with Gasteiger partial charge >= 0.3 is 0 Å². The molecule has 0 saturated heterocycles. The van der Waals surface area contributed by atoms with Gasteiger partial charge in [-0.1, -0.05) is 32.0 Å². The highest BCUT2D eigenvalue weighted by Gasteiger charge is 2.20. The summed E-state index contributed by atoms with van der Waals surface area (Å²) in [6.45, 7) is 5.59. The van der Waals surface area contributed by atoms with E-state index in [0.29, 0.717) is 18.8 Å². The predicted octanol–water partition coefficient (Wildman–Crippen LogP) is 3.96. The minimum Gasteiger partial charge on any atom is -0.454 e. The molecule has 0 radical (unpaired) electrons. The summed E-state index contributed by atoms with van der Waals surface area (Å²) in [5, 5.41) is 5.77. The van der Waals surface area contributed by atoms with Gasteiger partial charge in [-0.2, -0.15) is 0 Å². The molecule has 20 heavy (non-hydrogen) atoms. The summed E-state index contributed by atoms with van der Waals surface area (Å²) >= 11 is 1.80. The predicted molar refractivity (Wildman–Crippen MR) is 81.3 cm³/mol. The molecule has 3 rings (SSSR count). The van der Waals surface area contributed by atoms with E-state index in [4.69, 9.17) is 9.47 Å². The van der Waals surface area contributed by atoms with E-state index in [9.17, 15) is 0 Å². The van der Waals surface area contributed by atoms with Gasteiger partial charge in [0.1, 0.15) is 0 Å². The van der Waals surface area contributed by atoms with Gasteiger partial charge in [0.05, 0.1) is 0 Å². The van der Waals surface area contributed by atoms with Gasteiger partial charge in [-0.05, 0) is 23.4 Å². The minimum absolute atomic E-state index is 0.324. The zero-order valence-corrected chi connectivity index (χ0v) is 12.6. The van der Waals surface area contributed by atoms with Crippen LogP contribution in [0.15, 0.2) is 35.7 Å². The minimum atomic E-state index is 0.324. The Morgan fingerprint density at radius 3 is 2.85 bits per heavy atom. The molecule has 3 nitrogen and oxygen atoms in total. The summed E-state index contributed by atoms with van der Waals surface area (Å²) in [5.41, 5.74) is 1.15. The summed E-state index contributed by atoms with van der Waals surface area (Å²) in [4.78, 5) is 1.38. The molecular formula is C16H19NO2S. The number of rotatable bonds is 5. The van der Waals surface area contributed by atoms with Gasteiger partial charge in [-0.25, -0.2) is 0 Å². The van der Waals surface area contributed by atoms with Gasteiger partial charge in [0.25, 0.3) is 0 Å². The van der Waals surface area contributed by atoms with Crippen LogP contribution in [0.1, 0.15) is 30.3 Å². The van der Waals surface area contributed by atoms with Gasteiger partial charge in [0.15, 0.2) is 11.5 Å². The molecular weight excluding hydrogens is 270 g/mol. The number of nitrogens with one attached hydrogen (secondary N) is 1. The monoisotopic (exact) mass is 289 g/mol. The third-order valence-electron chi connectivity index (χ3n) is 3.51. The fourth-order valence-corrected chi connectivity index (χ4v) is 3.46. The Morgan fingerprint density at radius 1 is 1.20 bits per heavy atom. The first kappa shape index (κ1) is 13.5. The molecule has 1 aliphatic heterocycles. The lowest BCUT2D eigenvalue weighted by Crippen LogP contribution is -2.24. The normalized spacial score (nSPS) is 14.8. The van der Waals surface area contributed by atoms with Gasteiger partial charge < -0.3 is 14.8 Å². The van der Waals surface area contributed by atoms with Crippen molar-refractivity contribution in [2.45, 2.75) is 26.4 Å². The lowest BCUT2D eigenvalue weighted by molar-refractivity contribution is 0.173. The average Bonchev–Trinajstić information content (AvgIpc) is 3.09. The molecule has 2 heterocycles. The van der Waals surface area contributed by atoms with Crippen LogP contribution in [0, 0.1) is 5.92 Å². The van der Waals surface area contributed by atoms with Crippen LogP contribution in [0.4, 0.5) is 0 Å². The van der Waals surface area contributed by atoms with Gasteiger partial charge in [-0.3, -0.25) is 0 Å². The molecule has 0 spiro atoms. The maximum atomic E-state index is 5.55. The van der Waals surface area contributed by atoms with Crippen LogP contribution in [0.2, 0.25) is 0 Å². The lowest BCUT2D eigenvalue weighted by Gasteiger charge is -2.21. The van der Waals surface area contributed by atoms with Crippen molar-refractivity contribution in [3.05, 3.63) is 46.2 Å². The molecule has 1 atom stereocenters. The van der Waals surface area contributed by atoms with Crippen molar-refractivity contribution in [3.63, 3.8) is 0 Å². The number of hydrogen-bond donors (Lipinski definition) is 1. The van der Waals surface area contributed by atoms with Crippen molar-refractivity contribution < 1.29 is 9.47 Å². The molecule has 0 amide bonds. The first-order valence-corrected chi connectivity index (χ1v) is 7.78. The Bertz CT molecular complexity index is 566. The first-order valence-electron chi connectivity index (χ1n) is 6.90. The number of hydrogen-bond acceptors (Lipinski definition) is 4. The Morgan fingerprint density at radius 2 is 2.10 bits per heavy atom. The van der Waals surface area contributed by atoms with Crippen molar-refractivity contribution in [2.75, 3.05) is 6.79 Å². The van der Waals surface area contributed by atoms with Crippen LogP contribution in [-0.2, 0) is 6.54 Å². The Hall–Kier alpha value is -1.52. The third kappa shape index (κ3) is 2.67. The third-order valence-corrected chi connectivity index (χ3v) is 4.46. The van der Waals surface area contributed by atoms with Crippen molar-refractivity contribution >= 4 is 11.3 Å². The molecule has 1 unspecified atom stereocenters. The zero-order valence-electron chi connectivity index (χ0n) is 11.8. The molecule has 1 N–H and O–H groups in total. The number of ether oxygens (including phenoxy) is 2. The van der Waals surface area contributed by atoms with Crippen molar-refractivity contribution in [1.29, 1.82) is 0 Å². The van der Waals surface area contributed by atoms with Gasteiger partial charge in [-0.15, -0.1) is 11.3 Å². The fraction of sp³-hybridized carbons (Fsp3) is 0.375. The Labute approximate surface area is 123 Å². The van der Waals surface area contributed by atoms with E-state index >= 15 is 0 Å². The maximum Gasteiger partial charge on any atom is 0.231 e. The van der Waals surface area contributed by atoms with E-state index < -0.39 is 0 Å². The topological polar surface area (TPSA) is 30.5 Å². The quantitative estimate of drug-likeness (QED) is 0.903. The maximum absolute atomic E-state index is 5.55. The number of fused-ring (bicyclic) bond motifs is 1. The molecule has 0 saturated carbocycles. The average molecular weight is 289 g/mol. The van der Waals surface area contributed by atoms with Crippen molar-refractivity contribution in [3.8, 4) is 11.5 Å². The highest BCUT2D eigenvalue weighted by molar-refractivity contribution is 7.10. The van der Waals surface area contributed by atoms with Crippen molar-refractivity contribution in [2.24, 2.45) is 5.92 Å². The molecule has 1 aromatic carbocycles. The van der Waals surface area contributed by atoms with Crippen molar-refractivity contribution in [1.82, 2.24) is 5.32 Å². The number of para-hydroxylation sites is 1. The van der Waals surface area contributed by atoms with Crippen LogP contribution in [0.3, 0.4) is 0 Å². The summed E-state index contributed by atoms with van der Waals surface area (Å²) < 4.78 is 11.0. The molecule has 0 fully saturated rings. The number of benzene rings is 1. The Kier molecular flexibility index (Phi) is 3.94. The fourth-order valence-electron chi connectivity index (χ4n) is 2.48. The second-order valence-electron chi connectivity index (χ2n) is 5.27. The van der Waals surface area contributed by atoms with Gasteiger partial charge in [0.2, 0.25) is 6.79 Å². The van der Waals surface area contributed by atoms with E-state index in [-0.39, 0.29) is 0 Å². The molecule has 4 heteroatoms. The molecule has 1 aliphatic rings. The molecule has 1 aromatic heterocycles. The smallest absolute Gasteiger partial charge is 0.231 e. The Balaban J connectivity index is 1.74. The van der Waals surface area contributed by atoms with E-state index in [1.165, 1.54) is 4.88 Å². The second-order valence-corrected chi connectivity index (χ2v) is 6.25. The van der Waals surface area contributed by atoms with E-state index in [2.05, 4.69) is 42.7 Å². The number of thiophene rings is 1. The zero-order chi connectivity index (χ0) is 13.9. The van der Waals surface area contributed by atoms with Gasteiger partial charge in [0, 0.05) is 23.0 Å². The molecule has 0 aliphatic carbocycles. The molecule has 106 valence electrons. The SMILES string of the molecule is CC(C)C(NCc1cccc2c1OCO2)c1cccs1. The molecule has 0 bridgehead atoms. The van der Waals surface area contributed by atoms with E-state index in [0.717, 1.165) is 23.6 Å². The van der Waals surface area contributed by atoms with Crippen LogP contribution in [0.5, 0.6) is 11.5 Å². The highest BCUT2D eigenvalue weighted by atomic mass is 32.1. The highest BCUT2D eigenvalue weighted by Crippen LogP contribution is 2.36. The van der Waals surface area contributed by atoms with Crippen LogP contribution >= 0.6 is 11.3 Å². The summed E-state index contributed by atoms with van der Waals surface area (Å²) in [6.07, 6.45) is 0. The lowest BCUT2D eigenvalue weighted by atomic mass is 10.0. The summed E-state index contributed by atoms with van der Waals surface area (Å²) in [7, 11) is 0. The van der Waals surface area contributed by atoms with E-state index in [1.54, 1.807) is 11.3 Å². The molecule has 2 aromatic rings. The van der Waals surface area contributed by atoms with Crippen LogP contribution in [-0.4, -0.2) is 6.79 Å². The summed E-state index contributed by atoms with van der Waals surface area (Å²) in [5.74, 6) is 2.28. The summed E-state index contributed by atoms with van der Waals surface area (Å²) in [6, 6.07) is 10.7.